The summed E-state index contributed by atoms with van der Waals surface area (Å²) in [7, 11) is 0. The second kappa shape index (κ2) is 8.87. The molecule has 23 heavy (non-hydrogen) atoms. The Hall–Kier alpha value is -1.62. The first-order chi connectivity index (χ1) is 11.0. The fourth-order valence-electron chi connectivity index (χ4n) is 1.62. The molecule has 0 radical (unpaired) electrons. The van der Waals surface area contributed by atoms with E-state index in [4.69, 9.17) is 49.0 Å². The summed E-state index contributed by atoms with van der Waals surface area (Å²) in [5.41, 5.74) is 0. The van der Waals surface area contributed by atoms with Crippen molar-refractivity contribution < 1.29 is 19.0 Å². The predicted molar refractivity (Wildman–Crippen MR) is 89.9 cm³/mol. The number of carbonyl (C=O) groups excluding carboxylic acids is 1. The standard InChI is InChI=1S/C16H13Cl3O4/c17-11-1-4-13(5-2-11)21-7-8-22-16(20)10-23-15-6-3-12(18)9-14(15)19/h1-6,9H,7-8,10H2. The van der Waals surface area contributed by atoms with Gasteiger partial charge in [0.15, 0.2) is 6.61 Å². The van der Waals surface area contributed by atoms with E-state index in [0.29, 0.717) is 26.6 Å². The van der Waals surface area contributed by atoms with E-state index in [9.17, 15) is 4.79 Å². The summed E-state index contributed by atoms with van der Waals surface area (Å²) >= 11 is 17.5. The van der Waals surface area contributed by atoms with Crippen molar-refractivity contribution in [2.24, 2.45) is 0 Å². The van der Waals surface area contributed by atoms with Crippen LogP contribution in [0.2, 0.25) is 15.1 Å². The first-order valence-corrected chi connectivity index (χ1v) is 7.80. The lowest BCUT2D eigenvalue weighted by Crippen LogP contribution is -2.18. The molecule has 0 aromatic heterocycles. The fraction of sp³-hybridized carbons (Fsp3) is 0.188. The third kappa shape index (κ3) is 6.18. The number of benzene rings is 2. The van der Waals surface area contributed by atoms with E-state index in [-0.39, 0.29) is 19.8 Å². The number of halogens is 3. The Bertz CT molecular complexity index is 659. The minimum atomic E-state index is -0.518. The zero-order valence-corrected chi connectivity index (χ0v) is 14.2. The molecule has 0 N–H and O–H groups in total. The lowest BCUT2D eigenvalue weighted by Gasteiger charge is -2.09. The fourth-order valence-corrected chi connectivity index (χ4v) is 2.21. The Balaban J connectivity index is 1.66. The van der Waals surface area contributed by atoms with Gasteiger partial charge in [0.1, 0.15) is 24.7 Å². The number of hydrogen-bond acceptors (Lipinski definition) is 4. The first kappa shape index (κ1) is 17.7. The molecule has 0 heterocycles. The molecule has 0 spiro atoms. The van der Waals surface area contributed by atoms with Gasteiger partial charge in [0.05, 0.1) is 5.02 Å². The molecule has 4 nitrogen and oxygen atoms in total. The topological polar surface area (TPSA) is 44.8 Å². The van der Waals surface area contributed by atoms with E-state index in [2.05, 4.69) is 0 Å². The van der Waals surface area contributed by atoms with Crippen LogP contribution >= 0.6 is 34.8 Å². The third-order valence-corrected chi connectivity index (χ3v) is 3.45. The van der Waals surface area contributed by atoms with E-state index in [1.807, 2.05) is 0 Å². The van der Waals surface area contributed by atoms with Gasteiger partial charge in [-0.1, -0.05) is 34.8 Å². The molecule has 0 saturated carbocycles. The Labute approximate surface area is 148 Å². The number of carbonyl (C=O) groups is 1. The van der Waals surface area contributed by atoms with Gasteiger partial charge in [0, 0.05) is 10.0 Å². The Morgan fingerprint density at radius 2 is 1.57 bits per heavy atom. The maximum atomic E-state index is 11.6. The molecule has 0 aliphatic carbocycles. The van der Waals surface area contributed by atoms with Gasteiger partial charge in [-0.05, 0) is 42.5 Å². The molecule has 122 valence electrons. The average molecular weight is 376 g/mol. The number of esters is 1. The minimum Gasteiger partial charge on any atom is -0.490 e. The van der Waals surface area contributed by atoms with Gasteiger partial charge in [-0.25, -0.2) is 4.79 Å². The lowest BCUT2D eigenvalue weighted by atomic mass is 10.3. The van der Waals surface area contributed by atoms with Crippen molar-refractivity contribution in [3.8, 4) is 11.5 Å². The van der Waals surface area contributed by atoms with Crippen LogP contribution in [0, 0.1) is 0 Å². The summed E-state index contributed by atoms with van der Waals surface area (Å²) < 4.78 is 15.6. The van der Waals surface area contributed by atoms with E-state index >= 15 is 0 Å². The molecule has 0 fully saturated rings. The maximum Gasteiger partial charge on any atom is 0.344 e. The summed E-state index contributed by atoms with van der Waals surface area (Å²) in [6.07, 6.45) is 0. The van der Waals surface area contributed by atoms with Gasteiger partial charge in [0.2, 0.25) is 0 Å². The van der Waals surface area contributed by atoms with Gasteiger partial charge in [-0.15, -0.1) is 0 Å². The van der Waals surface area contributed by atoms with Crippen LogP contribution in [0.1, 0.15) is 0 Å². The van der Waals surface area contributed by atoms with Crippen molar-refractivity contribution in [1.82, 2.24) is 0 Å². The van der Waals surface area contributed by atoms with Crippen molar-refractivity contribution in [2.45, 2.75) is 0 Å². The molecule has 7 heteroatoms. The maximum absolute atomic E-state index is 11.6. The Morgan fingerprint density at radius 1 is 0.870 bits per heavy atom. The van der Waals surface area contributed by atoms with Gasteiger partial charge < -0.3 is 14.2 Å². The van der Waals surface area contributed by atoms with Crippen molar-refractivity contribution >= 4 is 40.8 Å². The highest BCUT2D eigenvalue weighted by atomic mass is 35.5. The molecular weight excluding hydrogens is 363 g/mol. The highest BCUT2D eigenvalue weighted by molar-refractivity contribution is 6.35. The number of ether oxygens (including phenoxy) is 3. The largest absolute Gasteiger partial charge is 0.490 e. The van der Waals surface area contributed by atoms with Crippen molar-refractivity contribution in [3.63, 3.8) is 0 Å². The molecule has 2 aromatic carbocycles. The van der Waals surface area contributed by atoms with E-state index in [0.717, 1.165) is 0 Å². The summed E-state index contributed by atoms with van der Waals surface area (Å²) in [4.78, 5) is 11.6. The highest BCUT2D eigenvalue weighted by Gasteiger charge is 2.07. The molecule has 0 bridgehead atoms. The second-order valence-corrected chi connectivity index (χ2v) is 5.67. The monoisotopic (exact) mass is 374 g/mol. The van der Waals surface area contributed by atoms with Crippen molar-refractivity contribution in [1.29, 1.82) is 0 Å². The van der Waals surface area contributed by atoms with Crippen molar-refractivity contribution in [2.75, 3.05) is 19.8 Å². The number of hydrogen-bond donors (Lipinski definition) is 0. The van der Waals surface area contributed by atoms with Gasteiger partial charge in [-0.3, -0.25) is 0 Å². The SMILES string of the molecule is O=C(COc1ccc(Cl)cc1Cl)OCCOc1ccc(Cl)cc1. The van der Waals surface area contributed by atoms with Gasteiger partial charge >= 0.3 is 5.97 Å². The quantitative estimate of drug-likeness (QED) is 0.522. The van der Waals surface area contributed by atoms with E-state index in [1.165, 1.54) is 6.07 Å². The van der Waals surface area contributed by atoms with E-state index < -0.39 is 5.97 Å². The summed E-state index contributed by atoms with van der Waals surface area (Å²) in [5, 5.41) is 1.45. The molecule has 2 rings (SSSR count). The molecular formula is C16H13Cl3O4. The van der Waals surface area contributed by atoms with Crippen LogP contribution in [0.5, 0.6) is 11.5 Å². The van der Waals surface area contributed by atoms with E-state index in [1.54, 1.807) is 36.4 Å². The van der Waals surface area contributed by atoms with Crippen LogP contribution in [0.15, 0.2) is 42.5 Å². The van der Waals surface area contributed by atoms with Crippen LogP contribution in [0.3, 0.4) is 0 Å². The second-order valence-electron chi connectivity index (χ2n) is 4.39. The smallest absolute Gasteiger partial charge is 0.344 e. The van der Waals surface area contributed by atoms with Gasteiger partial charge in [-0.2, -0.15) is 0 Å². The minimum absolute atomic E-state index is 0.110. The van der Waals surface area contributed by atoms with Gasteiger partial charge in [0.25, 0.3) is 0 Å². The van der Waals surface area contributed by atoms with Crippen LogP contribution < -0.4 is 9.47 Å². The summed E-state index contributed by atoms with van der Waals surface area (Å²) in [6.45, 7) is 0.0938. The number of rotatable bonds is 7. The molecule has 0 amide bonds. The molecule has 2 aromatic rings. The Kier molecular flexibility index (Phi) is 6.84. The molecule has 0 unspecified atom stereocenters. The third-order valence-electron chi connectivity index (χ3n) is 2.67. The zero-order chi connectivity index (χ0) is 16.7. The molecule has 0 saturated heterocycles. The Morgan fingerprint density at radius 3 is 2.26 bits per heavy atom. The summed E-state index contributed by atoms with van der Waals surface area (Å²) in [5.74, 6) is 0.496. The lowest BCUT2D eigenvalue weighted by molar-refractivity contribution is -0.146. The van der Waals surface area contributed by atoms with Crippen LogP contribution in [-0.4, -0.2) is 25.8 Å². The molecule has 0 aliphatic rings. The van der Waals surface area contributed by atoms with Crippen LogP contribution in [-0.2, 0) is 9.53 Å². The average Bonchev–Trinajstić information content (AvgIpc) is 2.52. The normalized spacial score (nSPS) is 10.2. The zero-order valence-electron chi connectivity index (χ0n) is 11.9. The van der Waals surface area contributed by atoms with Crippen LogP contribution in [0.4, 0.5) is 0 Å². The molecule has 0 atom stereocenters. The predicted octanol–water partition coefficient (Wildman–Crippen LogP) is 4.65. The molecule has 0 aliphatic heterocycles. The highest BCUT2D eigenvalue weighted by Crippen LogP contribution is 2.27. The summed E-state index contributed by atoms with van der Waals surface area (Å²) in [6, 6.07) is 11.6. The van der Waals surface area contributed by atoms with Crippen LogP contribution in [0.25, 0.3) is 0 Å². The first-order valence-electron chi connectivity index (χ1n) is 6.66. The van der Waals surface area contributed by atoms with Crippen molar-refractivity contribution in [3.05, 3.63) is 57.5 Å².